The van der Waals surface area contributed by atoms with E-state index in [1.165, 1.54) is 62.8 Å². The molecule has 39 heavy (non-hydrogen) atoms. The van der Waals surface area contributed by atoms with Crippen molar-refractivity contribution in [2.24, 2.45) is 5.10 Å². The predicted octanol–water partition coefficient (Wildman–Crippen LogP) is 4.01. The number of hydrogen-bond donors (Lipinski definition) is 1. The van der Waals surface area contributed by atoms with Gasteiger partial charge >= 0.3 is 0 Å². The highest BCUT2D eigenvalue weighted by atomic mass is 35.5. The molecule has 12 nitrogen and oxygen atoms in total. The number of nitro groups is 1. The van der Waals surface area contributed by atoms with Crippen molar-refractivity contribution in [3.05, 3.63) is 81.4 Å². The molecular weight excluding hydrogens is 552 g/mol. The van der Waals surface area contributed by atoms with Gasteiger partial charge in [0.2, 0.25) is 0 Å². The third-order valence-electron chi connectivity index (χ3n) is 5.25. The number of amides is 1. The summed E-state index contributed by atoms with van der Waals surface area (Å²) in [6.07, 6.45) is 1.12. The first-order chi connectivity index (χ1) is 18.6. The third kappa shape index (κ3) is 7.15. The third-order valence-corrected chi connectivity index (χ3v) is 7.36. The number of rotatable bonds is 12. The molecule has 0 aromatic heterocycles. The predicted molar refractivity (Wildman–Crippen MR) is 146 cm³/mol. The maximum absolute atomic E-state index is 13.7. The molecule has 1 N–H and O–H groups in total. The summed E-state index contributed by atoms with van der Waals surface area (Å²) in [6.45, 7) is 1.58. The van der Waals surface area contributed by atoms with Gasteiger partial charge in [-0.05, 0) is 49.4 Å². The quantitative estimate of drug-likeness (QED) is 0.193. The molecule has 0 spiro atoms. The van der Waals surface area contributed by atoms with Gasteiger partial charge in [-0.25, -0.2) is 13.8 Å². The molecule has 0 fully saturated rings. The minimum Gasteiger partial charge on any atom is -0.494 e. The van der Waals surface area contributed by atoms with Crippen molar-refractivity contribution in [1.29, 1.82) is 0 Å². The summed E-state index contributed by atoms with van der Waals surface area (Å²) in [5.74, 6) is 0.252. The molecule has 206 valence electrons. The van der Waals surface area contributed by atoms with Gasteiger partial charge in [0.25, 0.3) is 21.6 Å². The fraction of sp³-hybridized carbons (Fsp3) is 0.200. The van der Waals surface area contributed by atoms with Gasteiger partial charge < -0.3 is 14.2 Å². The van der Waals surface area contributed by atoms with Crippen LogP contribution in [0.3, 0.4) is 0 Å². The van der Waals surface area contributed by atoms with E-state index in [4.69, 9.17) is 25.8 Å². The smallest absolute Gasteiger partial charge is 0.270 e. The van der Waals surface area contributed by atoms with Gasteiger partial charge in [0.15, 0.2) is 11.5 Å². The molecule has 3 aromatic rings. The summed E-state index contributed by atoms with van der Waals surface area (Å²) in [7, 11) is -1.49. The van der Waals surface area contributed by atoms with E-state index in [9.17, 15) is 23.3 Å². The number of ether oxygens (including phenoxy) is 3. The minimum atomic E-state index is -4.28. The number of carbonyl (C=O) groups is 1. The van der Waals surface area contributed by atoms with E-state index in [0.29, 0.717) is 18.1 Å². The van der Waals surface area contributed by atoms with Crippen LogP contribution in [0.1, 0.15) is 12.5 Å². The number of anilines is 1. The fourth-order valence-corrected chi connectivity index (χ4v) is 4.98. The first kappa shape index (κ1) is 29.2. The van der Waals surface area contributed by atoms with Crippen molar-refractivity contribution >= 4 is 45.1 Å². The van der Waals surface area contributed by atoms with Gasteiger partial charge in [-0.2, -0.15) is 5.10 Å². The SMILES string of the molecule is CCOc1ccc(N(CC(=O)N/N=C\c2cc([N+](=O)[O-])ccc2Cl)S(=O)(=O)c2ccc(OC)c(OC)c2)cc1. The summed E-state index contributed by atoms with van der Waals surface area (Å²) in [5.41, 5.74) is 2.39. The van der Waals surface area contributed by atoms with E-state index < -0.39 is 27.4 Å². The molecule has 3 aromatic carbocycles. The summed E-state index contributed by atoms with van der Waals surface area (Å²) in [4.78, 5) is 23.1. The molecule has 0 unspecified atom stereocenters. The first-order valence-electron chi connectivity index (χ1n) is 11.3. The van der Waals surface area contributed by atoms with E-state index in [-0.39, 0.29) is 32.6 Å². The molecule has 3 rings (SSSR count). The zero-order chi connectivity index (χ0) is 28.6. The molecule has 0 atom stereocenters. The lowest BCUT2D eigenvalue weighted by molar-refractivity contribution is -0.384. The standard InChI is InChI=1S/C25H25ClN4O8S/c1-4-38-20-8-5-18(6-9-20)29(39(34,35)21-10-12-23(36-2)24(14-21)37-3)16-25(31)28-27-15-17-13-19(30(32)33)7-11-22(17)26/h5-15H,4,16H2,1-3H3,(H,28,31)/b27-15-. The van der Waals surface area contributed by atoms with Crippen LogP contribution in [-0.4, -0.2) is 52.8 Å². The second-order valence-corrected chi connectivity index (χ2v) is 9.98. The molecule has 0 saturated carbocycles. The van der Waals surface area contributed by atoms with Crippen LogP contribution in [0.4, 0.5) is 11.4 Å². The highest BCUT2D eigenvalue weighted by Crippen LogP contribution is 2.32. The molecule has 0 bridgehead atoms. The van der Waals surface area contributed by atoms with Gasteiger partial charge in [-0.3, -0.25) is 19.2 Å². The normalized spacial score (nSPS) is 11.2. The zero-order valence-corrected chi connectivity index (χ0v) is 22.7. The van der Waals surface area contributed by atoms with E-state index in [2.05, 4.69) is 10.5 Å². The lowest BCUT2D eigenvalue weighted by Gasteiger charge is -2.24. The lowest BCUT2D eigenvalue weighted by Crippen LogP contribution is -2.39. The van der Waals surface area contributed by atoms with Crippen LogP contribution >= 0.6 is 11.6 Å². The van der Waals surface area contributed by atoms with Crippen molar-refractivity contribution < 1.29 is 32.3 Å². The fourth-order valence-electron chi connectivity index (χ4n) is 3.38. The highest BCUT2D eigenvalue weighted by molar-refractivity contribution is 7.92. The molecule has 0 saturated heterocycles. The van der Waals surface area contributed by atoms with Gasteiger partial charge in [0, 0.05) is 28.8 Å². The van der Waals surface area contributed by atoms with Crippen molar-refractivity contribution in [1.82, 2.24) is 5.43 Å². The first-order valence-corrected chi connectivity index (χ1v) is 13.2. The minimum absolute atomic E-state index is 0.145. The number of hydrogen-bond acceptors (Lipinski definition) is 9. The molecule has 0 heterocycles. The Bertz CT molecular complexity index is 1480. The van der Waals surface area contributed by atoms with Crippen molar-refractivity contribution in [3.63, 3.8) is 0 Å². The number of nitro benzene ring substituents is 1. The van der Waals surface area contributed by atoms with Crippen molar-refractivity contribution in [2.75, 3.05) is 31.7 Å². The highest BCUT2D eigenvalue weighted by Gasteiger charge is 2.28. The second-order valence-electron chi connectivity index (χ2n) is 7.71. The van der Waals surface area contributed by atoms with Gasteiger partial charge in [0.05, 0.1) is 42.5 Å². The van der Waals surface area contributed by atoms with Crippen LogP contribution in [0.2, 0.25) is 5.02 Å². The Kier molecular flexibility index (Phi) is 9.68. The van der Waals surface area contributed by atoms with Crippen LogP contribution < -0.4 is 23.9 Å². The molecule has 0 aliphatic heterocycles. The average molecular weight is 577 g/mol. The van der Waals surface area contributed by atoms with E-state index in [0.717, 1.165) is 10.5 Å². The summed E-state index contributed by atoms with van der Waals surface area (Å²) >= 11 is 6.05. The van der Waals surface area contributed by atoms with Crippen LogP contribution in [0.15, 0.2) is 70.7 Å². The van der Waals surface area contributed by atoms with E-state index in [1.54, 1.807) is 12.1 Å². The Morgan fingerprint density at radius 3 is 2.38 bits per heavy atom. The summed E-state index contributed by atoms with van der Waals surface area (Å²) in [6, 6.07) is 14.0. The molecular formula is C25H25ClN4O8S. The van der Waals surface area contributed by atoms with E-state index >= 15 is 0 Å². The molecule has 0 aliphatic rings. The number of carbonyl (C=O) groups excluding carboxylic acids is 1. The molecule has 0 radical (unpaired) electrons. The number of sulfonamides is 1. The topological polar surface area (TPSA) is 150 Å². The number of hydrazone groups is 1. The summed E-state index contributed by atoms with van der Waals surface area (Å²) < 4.78 is 44.1. The lowest BCUT2D eigenvalue weighted by atomic mass is 10.2. The van der Waals surface area contributed by atoms with Crippen LogP contribution in [0.25, 0.3) is 0 Å². The van der Waals surface area contributed by atoms with Gasteiger partial charge in [-0.15, -0.1) is 0 Å². The average Bonchev–Trinajstić information content (AvgIpc) is 2.92. The van der Waals surface area contributed by atoms with Crippen molar-refractivity contribution in [2.45, 2.75) is 11.8 Å². The number of halogens is 1. The Labute approximate surface area is 229 Å². The number of nitrogens with one attached hydrogen (secondary N) is 1. The Hall–Kier alpha value is -4.36. The maximum atomic E-state index is 13.7. The number of non-ortho nitro benzene ring substituents is 1. The largest absolute Gasteiger partial charge is 0.494 e. The van der Waals surface area contributed by atoms with Gasteiger partial charge in [0.1, 0.15) is 12.3 Å². The van der Waals surface area contributed by atoms with Crippen LogP contribution in [0, 0.1) is 10.1 Å². The Morgan fingerprint density at radius 2 is 1.77 bits per heavy atom. The summed E-state index contributed by atoms with van der Waals surface area (Å²) in [5, 5.41) is 15.0. The van der Waals surface area contributed by atoms with Gasteiger partial charge in [-0.1, -0.05) is 11.6 Å². The van der Waals surface area contributed by atoms with E-state index in [1.807, 2.05) is 6.92 Å². The maximum Gasteiger partial charge on any atom is 0.270 e. The van der Waals surface area contributed by atoms with Crippen molar-refractivity contribution in [3.8, 4) is 17.2 Å². The molecule has 1 amide bonds. The van der Waals surface area contributed by atoms with Crippen LogP contribution in [-0.2, 0) is 14.8 Å². The Morgan fingerprint density at radius 1 is 1.08 bits per heavy atom. The number of nitrogens with zero attached hydrogens (tertiary/aromatic N) is 3. The number of benzene rings is 3. The molecule has 0 aliphatic carbocycles. The second kappa shape index (κ2) is 12.9. The monoisotopic (exact) mass is 576 g/mol. The zero-order valence-electron chi connectivity index (χ0n) is 21.2. The number of methoxy groups -OCH3 is 2. The van der Waals surface area contributed by atoms with Crippen LogP contribution in [0.5, 0.6) is 17.2 Å². The molecule has 14 heteroatoms. The Balaban J connectivity index is 1.91.